The lowest BCUT2D eigenvalue weighted by Crippen LogP contribution is -2.44. The first-order valence-corrected chi connectivity index (χ1v) is 6.72. The molecule has 100 valence electrons. The van der Waals surface area contributed by atoms with Crippen LogP contribution in [0.5, 0.6) is 0 Å². The van der Waals surface area contributed by atoms with Crippen molar-refractivity contribution >= 4 is 5.91 Å². The van der Waals surface area contributed by atoms with E-state index >= 15 is 0 Å². The van der Waals surface area contributed by atoms with Gasteiger partial charge in [-0.1, -0.05) is 6.42 Å². The standard InChI is InChI=1S/C13H27N3O/c1-13(2,3)16-12(17)7-9-14-10-11-6-4-5-8-15-11/h11,14-15H,4-10H2,1-3H3,(H,16,17). The molecule has 4 nitrogen and oxygen atoms in total. The molecule has 0 spiro atoms. The Hall–Kier alpha value is -0.610. The number of carbonyl (C=O) groups is 1. The Morgan fingerprint density at radius 1 is 1.35 bits per heavy atom. The highest BCUT2D eigenvalue weighted by atomic mass is 16.1. The van der Waals surface area contributed by atoms with Crippen molar-refractivity contribution in [2.45, 2.75) is 58.0 Å². The summed E-state index contributed by atoms with van der Waals surface area (Å²) in [4.78, 5) is 11.5. The molecule has 1 rings (SSSR count). The fourth-order valence-corrected chi connectivity index (χ4v) is 2.06. The fourth-order valence-electron chi connectivity index (χ4n) is 2.06. The van der Waals surface area contributed by atoms with Crippen LogP contribution in [-0.2, 0) is 4.79 Å². The van der Waals surface area contributed by atoms with E-state index in [1.807, 2.05) is 20.8 Å². The first kappa shape index (κ1) is 14.5. The van der Waals surface area contributed by atoms with Crippen LogP contribution < -0.4 is 16.0 Å². The molecular formula is C13H27N3O. The summed E-state index contributed by atoms with van der Waals surface area (Å²) in [6, 6.07) is 0.592. The van der Waals surface area contributed by atoms with E-state index in [4.69, 9.17) is 0 Å². The lowest BCUT2D eigenvalue weighted by Gasteiger charge is -2.24. The van der Waals surface area contributed by atoms with E-state index in [-0.39, 0.29) is 11.4 Å². The molecular weight excluding hydrogens is 214 g/mol. The third kappa shape index (κ3) is 7.34. The van der Waals surface area contributed by atoms with Crippen LogP contribution in [0.3, 0.4) is 0 Å². The minimum absolute atomic E-state index is 0.123. The maximum Gasteiger partial charge on any atom is 0.221 e. The molecule has 17 heavy (non-hydrogen) atoms. The van der Waals surface area contributed by atoms with E-state index in [0.29, 0.717) is 12.5 Å². The van der Waals surface area contributed by atoms with Gasteiger partial charge in [0.1, 0.15) is 0 Å². The molecule has 0 aromatic rings. The quantitative estimate of drug-likeness (QED) is 0.630. The maximum atomic E-state index is 11.5. The molecule has 1 unspecified atom stereocenters. The predicted molar refractivity (Wildman–Crippen MR) is 71.0 cm³/mol. The largest absolute Gasteiger partial charge is 0.351 e. The van der Waals surface area contributed by atoms with Gasteiger partial charge in [0, 0.05) is 31.1 Å². The van der Waals surface area contributed by atoms with Crippen molar-refractivity contribution in [3.05, 3.63) is 0 Å². The van der Waals surface area contributed by atoms with Crippen molar-refractivity contribution in [3.63, 3.8) is 0 Å². The third-order valence-corrected chi connectivity index (χ3v) is 2.85. The molecule has 1 saturated heterocycles. The minimum atomic E-state index is -0.123. The van der Waals surface area contributed by atoms with Gasteiger partial charge in [0.2, 0.25) is 5.91 Å². The van der Waals surface area contributed by atoms with Crippen molar-refractivity contribution < 1.29 is 4.79 Å². The normalized spacial score (nSPS) is 21.2. The van der Waals surface area contributed by atoms with E-state index in [9.17, 15) is 4.79 Å². The van der Waals surface area contributed by atoms with Gasteiger partial charge in [0.15, 0.2) is 0 Å². The third-order valence-electron chi connectivity index (χ3n) is 2.85. The lowest BCUT2D eigenvalue weighted by molar-refractivity contribution is -0.122. The number of rotatable bonds is 5. The average molecular weight is 241 g/mol. The van der Waals surface area contributed by atoms with Crippen molar-refractivity contribution in [1.29, 1.82) is 0 Å². The molecule has 0 aromatic carbocycles. The Kier molecular flexibility index (Phi) is 5.92. The number of nitrogens with one attached hydrogen (secondary N) is 3. The van der Waals surface area contributed by atoms with Crippen LogP contribution in [0.25, 0.3) is 0 Å². The molecule has 1 amide bonds. The first-order chi connectivity index (χ1) is 7.97. The molecule has 0 aliphatic carbocycles. The van der Waals surface area contributed by atoms with Crippen LogP contribution in [-0.4, -0.2) is 37.1 Å². The minimum Gasteiger partial charge on any atom is -0.351 e. The zero-order valence-electron chi connectivity index (χ0n) is 11.4. The Bertz CT molecular complexity index is 229. The summed E-state index contributed by atoms with van der Waals surface area (Å²) in [5.74, 6) is 0.126. The molecule has 0 aromatic heterocycles. The molecule has 0 saturated carbocycles. The first-order valence-electron chi connectivity index (χ1n) is 6.72. The summed E-state index contributed by atoms with van der Waals surface area (Å²) < 4.78 is 0. The van der Waals surface area contributed by atoms with Crippen molar-refractivity contribution in [3.8, 4) is 0 Å². The van der Waals surface area contributed by atoms with E-state index in [1.54, 1.807) is 0 Å². The maximum absolute atomic E-state index is 11.5. The van der Waals surface area contributed by atoms with Crippen molar-refractivity contribution in [2.24, 2.45) is 0 Å². The highest BCUT2D eigenvalue weighted by Crippen LogP contribution is 2.05. The van der Waals surface area contributed by atoms with Gasteiger partial charge in [-0.15, -0.1) is 0 Å². The number of amides is 1. The second kappa shape index (κ2) is 6.97. The highest BCUT2D eigenvalue weighted by Gasteiger charge is 2.14. The van der Waals surface area contributed by atoms with E-state index in [0.717, 1.165) is 19.6 Å². The van der Waals surface area contributed by atoms with E-state index in [1.165, 1.54) is 19.3 Å². The molecule has 1 atom stereocenters. The van der Waals surface area contributed by atoms with Crippen molar-refractivity contribution in [2.75, 3.05) is 19.6 Å². The number of hydrogen-bond donors (Lipinski definition) is 3. The zero-order valence-corrected chi connectivity index (χ0v) is 11.4. The Morgan fingerprint density at radius 2 is 2.12 bits per heavy atom. The summed E-state index contributed by atoms with van der Waals surface area (Å²) >= 11 is 0. The van der Waals surface area contributed by atoms with Crippen molar-refractivity contribution in [1.82, 2.24) is 16.0 Å². The molecule has 3 N–H and O–H groups in total. The monoisotopic (exact) mass is 241 g/mol. The van der Waals surface area contributed by atoms with Crippen LogP contribution in [0, 0.1) is 0 Å². The summed E-state index contributed by atoms with van der Waals surface area (Å²) in [6.45, 7) is 8.89. The van der Waals surface area contributed by atoms with Gasteiger partial charge in [-0.25, -0.2) is 0 Å². The lowest BCUT2D eigenvalue weighted by atomic mass is 10.1. The van der Waals surface area contributed by atoms with Gasteiger partial charge in [-0.2, -0.15) is 0 Å². The van der Waals surface area contributed by atoms with Crippen LogP contribution in [0.15, 0.2) is 0 Å². The van der Waals surface area contributed by atoms with Gasteiger partial charge < -0.3 is 16.0 Å². The summed E-state index contributed by atoms with van der Waals surface area (Å²) in [5, 5.41) is 9.79. The smallest absolute Gasteiger partial charge is 0.221 e. The topological polar surface area (TPSA) is 53.2 Å². The molecule has 1 aliphatic rings. The summed E-state index contributed by atoms with van der Waals surface area (Å²) in [6.07, 6.45) is 4.43. The number of carbonyl (C=O) groups excluding carboxylic acids is 1. The molecule has 1 fully saturated rings. The highest BCUT2D eigenvalue weighted by molar-refractivity contribution is 5.76. The Labute approximate surface area is 105 Å². The average Bonchev–Trinajstić information content (AvgIpc) is 2.23. The van der Waals surface area contributed by atoms with Gasteiger partial charge >= 0.3 is 0 Å². The molecule has 1 heterocycles. The molecule has 0 radical (unpaired) electrons. The van der Waals surface area contributed by atoms with Gasteiger partial charge in [-0.05, 0) is 40.2 Å². The predicted octanol–water partition coefficient (Wildman–Crippen LogP) is 1.02. The molecule has 1 aliphatic heterocycles. The number of piperidine rings is 1. The fraction of sp³-hybridized carbons (Fsp3) is 0.923. The summed E-state index contributed by atoms with van der Waals surface area (Å²) in [5.41, 5.74) is -0.123. The van der Waals surface area contributed by atoms with Crippen LogP contribution in [0.1, 0.15) is 46.5 Å². The van der Waals surface area contributed by atoms with E-state index < -0.39 is 0 Å². The molecule has 4 heteroatoms. The Morgan fingerprint density at radius 3 is 2.71 bits per heavy atom. The van der Waals surface area contributed by atoms with Gasteiger partial charge in [0.25, 0.3) is 0 Å². The van der Waals surface area contributed by atoms with Crippen LogP contribution in [0.2, 0.25) is 0 Å². The second-order valence-corrected chi connectivity index (χ2v) is 5.90. The van der Waals surface area contributed by atoms with Gasteiger partial charge in [-0.3, -0.25) is 4.79 Å². The Balaban J connectivity index is 2.01. The SMILES string of the molecule is CC(C)(C)NC(=O)CCNCC1CCCCN1. The van der Waals surface area contributed by atoms with Crippen LogP contribution >= 0.6 is 0 Å². The van der Waals surface area contributed by atoms with Gasteiger partial charge in [0.05, 0.1) is 0 Å². The number of hydrogen-bond acceptors (Lipinski definition) is 3. The zero-order chi connectivity index (χ0) is 12.7. The van der Waals surface area contributed by atoms with Crippen LogP contribution in [0.4, 0.5) is 0 Å². The molecule has 0 bridgehead atoms. The second-order valence-electron chi connectivity index (χ2n) is 5.90. The van der Waals surface area contributed by atoms with E-state index in [2.05, 4.69) is 16.0 Å². The summed E-state index contributed by atoms with van der Waals surface area (Å²) in [7, 11) is 0.